The second-order valence-corrected chi connectivity index (χ2v) is 2.99. The third-order valence-corrected chi connectivity index (χ3v) is 1.92. The average molecular weight is 210 g/mol. The maximum absolute atomic E-state index is 5.75. The lowest BCUT2D eigenvalue weighted by atomic mass is 10.4. The largest absolute Gasteiger partial charge is 0.370 e. The van der Waals surface area contributed by atoms with Crippen LogP contribution in [-0.4, -0.2) is 27.0 Å². The number of aromatic nitrogens is 4. The summed E-state index contributed by atoms with van der Waals surface area (Å²) < 4.78 is 1.67. The van der Waals surface area contributed by atoms with E-state index in [0.717, 1.165) is 5.69 Å². The molecule has 2 heterocycles. The molecule has 0 saturated carbocycles. The molecule has 0 bridgehead atoms. The number of halogens is 1. The van der Waals surface area contributed by atoms with Gasteiger partial charge in [0, 0.05) is 25.5 Å². The molecule has 2 aromatic heterocycles. The summed E-state index contributed by atoms with van der Waals surface area (Å²) in [5.41, 5.74) is 0.775. The van der Waals surface area contributed by atoms with E-state index >= 15 is 0 Å². The molecule has 0 aromatic carbocycles. The second kappa shape index (κ2) is 3.63. The summed E-state index contributed by atoms with van der Waals surface area (Å²) in [5, 5.41) is 15.0. The molecule has 0 fully saturated rings. The highest BCUT2D eigenvalue weighted by molar-refractivity contribution is 6.29. The van der Waals surface area contributed by atoms with E-state index in [1.54, 1.807) is 24.0 Å². The molecule has 0 atom stereocenters. The Morgan fingerprint density at radius 3 is 2.93 bits per heavy atom. The summed E-state index contributed by atoms with van der Waals surface area (Å²) >= 11 is 5.75. The van der Waals surface area contributed by atoms with Crippen LogP contribution in [0.4, 0.5) is 5.82 Å². The van der Waals surface area contributed by atoms with Crippen molar-refractivity contribution in [1.29, 1.82) is 0 Å². The Bertz CT molecular complexity index is 425. The van der Waals surface area contributed by atoms with Crippen molar-refractivity contribution in [3.05, 3.63) is 29.7 Å². The van der Waals surface area contributed by atoms with E-state index in [2.05, 4.69) is 20.6 Å². The molecule has 2 aromatic rings. The highest BCUT2D eigenvalue weighted by Gasteiger charge is 2.06. The van der Waals surface area contributed by atoms with Crippen LogP contribution >= 0.6 is 11.6 Å². The topological polar surface area (TPSA) is 55.6 Å². The highest BCUT2D eigenvalue weighted by atomic mass is 35.5. The minimum absolute atomic E-state index is 0.342. The third-order valence-electron chi connectivity index (χ3n) is 1.73. The number of anilines is 1. The van der Waals surface area contributed by atoms with Crippen molar-refractivity contribution in [2.75, 3.05) is 12.4 Å². The highest BCUT2D eigenvalue weighted by Crippen LogP contribution is 2.18. The van der Waals surface area contributed by atoms with Gasteiger partial charge in [0.15, 0.2) is 11.0 Å². The monoisotopic (exact) mass is 209 g/mol. The fourth-order valence-corrected chi connectivity index (χ4v) is 1.26. The van der Waals surface area contributed by atoms with E-state index in [1.165, 1.54) is 0 Å². The normalized spacial score (nSPS) is 10.1. The molecule has 0 aliphatic carbocycles. The molecule has 0 aliphatic rings. The SMILES string of the molecule is CNc1nnc(Cl)cc1-n1cccn1. The van der Waals surface area contributed by atoms with E-state index in [1.807, 2.05) is 12.3 Å². The smallest absolute Gasteiger partial charge is 0.174 e. The quantitative estimate of drug-likeness (QED) is 0.812. The molecule has 1 N–H and O–H groups in total. The minimum Gasteiger partial charge on any atom is -0.370 e. The Morgan fingerprint density at radius 1 is 1.43 bits per heavy atom. The van der Waals surface area contributed by atoms with E-state index in [4.69, 9.17) is 11.6 Å². The summed E-state index contributed by atoms with van der Waals surface area (Å²) in [7, 11) is 1.77. The van der Waals surface area contributed by atoms with E-state index in [0.29, 0.717) is 11.0 Å². The van der Waals surface area contributed by atoms with Crippen LogP contribution in [0.15, 0.2) is 24.5 Å². The predicted octanol–water partition coefficient (Wildman–Crippen LogP) is 1.36. The van der Waals surface area contributed by atoms with E-state index in [-0.39, 0.29) is 0 Å². The molecule has 0 saturated heterocycles. The first-order chi connectivity index (χ1) is 6.81. The molecule has 0 unspecified atom stereocenters. The lowest BCUT2D eigenvalue weighted by Gasteiger charge is -2.06. The Labute approximate surface area is 85.7 Å². The lowest BCUT2D eigenvalue weighted by molar-refractivity contribution is 0.862. The van der Waals surface area contributed by atoms with Crippen LogP contribution in [0.1, 0.15) is 0 Å². The standard InChI is InChI=1S/C8H8ClN5/c1-10-8-6(5-7(9)12-13-8)14-4-2-3-11-14/h2-5H,1H3,(H,10,13). The number of hydrogen-bond acceptors (Lipinski definition) is 4. The van der Waals surface area contributed by atoms with Crippen LogP contribution in [0.2, 0.25) is 5.15 Å². The zero-order valence-electron chi connectivity index (χ0n) is 7.48. The van der Waals surface area contributed by atoms with Gasteiger partial charge in [0.05, 0.1) is 0 Å². The van der Waals surface area contributed by atoms with Gasteiger partial charge in [-0.1, -0.05) is 11.6 Å². The maximum atomic E-state index is 5.75. The summed E-state index contributed by atoms with van der Waals surface area (Å²) in [6.07, 6.45) is 3.50. The van der Waals surface area contributed by atoms with Crippen LogP contribution in [-0.2, 0) is 0 Å². The first-order valence-electron chi connectivity index (χ1n) is 4.02. The summed E-state index contributed by atoms with van der Waals surface area (Å²) in [4.78, 5) is 0. The second-order valence-electron chi connectivity index (χ2n) is 2.60. The van der Waals surface area contributed by atoms with Gasteiger partial charge in [-0.25, -0.2) is 4.68 Å². The summed E-state index contributed by atoms with van der Waals surface area (Å²) in [6.45, 7) is 0. The molecule has 2 rings (SSSR count). The van der Waals surface area contributed by atoms with Crippen LogP contribution in [0.3, 0.4) is 0 Å². The Kier molecular flexibility index (Phi) is 2.32. The molecular formula is C8H8ClN5. The van der Waals surface area contributed by atoms with Crippen molar-refractivity contribution >= 4 is 17.4 Å². The number of hydrogen-bond donors (Lipinski definition) is 1. The molecule has 6 heteroatoms. The molecule has 5 nitrogen and oxygen atoms in total. The van der Waals surface area contributed by atoms with Gasteiger partial charge in [-0.2, -0.15) is 5.10 Å². The van der Waals surface area contributed by atoms with Crippen LogP contribution in [0.5, 0.6) is 0 Å². The molecule has 0 aliphatic heterocycles. The van der Waals surface area contributed by atoms with Crippen molar-refractivity contribution in [1.82, 2.24) is 20.0 Å². The zero-order valence-corrected chi connectivity index (χ0v) is 8.23. The van der Waals surface area contributed by atoms with Gasteiger partial charge in [0.1, 0.15) is 5.69 Å². The van der Waals surface area contributed by atoms with Crippen molar-refractivity contribution in [2.45, 2.75) is 0 Å². The molecule has 0 amide bonds. The number of rotatable bonds is 2. The third kappa shape index (κ3) is 1.54. The van der Waals surface area contributed by atoms with Crippen molar-refractivity contribution in [3.8, 4) is 5.69 Å². The lowest BCUT2D eigenvalue weighted by Crippen LogP contribution is -2.04. The van der Waals surface area contributed by atoms with Gasteiger partial charge in [-0.15, -0.1) is 10.2 Å². The summed E-state index contributed by atoms with van der Waals surface area (Å²) in [5.74, 6) is 0.637. The van der Waals surface area contributed by atoms with Crippen LogP contribution in [0, 0.1) is 0 Å². The fraction of sp³-hybridized carbons (Fsp3) is 0.125. The van der Waals surface area contributed by atoms with Crippen molar-refractivity contribution in [3.63, 3.8) is 0 Å². The van der Waals surface area contributed by atoms with Gasteiger partial charge in [0.25, 0.3) is 0 Å². The average Bonchev–Trinajstić information content (AvgIpc) is 2.70. The van der Waals surface area contributed by atoms with Crippen molar-refractivity contribution in [2.24, 2.45) is 0 Å². The van der Waals surface area contributed by atoms with Crippen LogP contribution in [0.25, 0.3) is 5.69 Å². The Morgan fingerprint density at radius 2 is 2.29 bits per heavy atom. The van der Waals surface area contributed by atoms with Crippen LogP contribution < -0.4 is 5.32 Å². The van der Waals surface area contributed by atoms with E-state index in [9.17, 15) is 0 Å². The predicted molar refractivity (Wildman–Crippen MR) is 53.7 cm³/mol. The van der Waals surface area contributed by atoms with Gasteiger partial charge < -0.3 is 5.32 Å². The Hall–Kier alpha value is -1.62. The molecule has 72 valence electrons. The number of nitrogens with one attached hydrogen (secondary N) is 1. The first-order valence-corrected chi connectivity index (χ1v) is 4.40. The van der Waals surface area contributed by atoms with E-state index < -0.39 is 0 Å². The summed E-state index contributed by atoms with van der Waals surface area (Å²) in [6, 6.07) is 3.53. The Balaban J connectivity index is 2.55. The van der Waals surface area contributed by atoms with Gasteiger partial charge in [-0.05, 0) is 6.07 Å². The first kappa shape index (κ1) is 8.96. The molecule has 0 radical (unpaired) electrons. The zero-order chi connectivity index (χ0) is 9.97. The minimum atomic E-state index is 0.342. The fourth-order valence-electron chi connectivity index (χ4n) is 1.12. The molecular weight excluding hydrogens is 202 g/mol. The van der Waals surface area contributed by atoms with Gasteiger partial charge in [0.2, 0.25) is 0 Å². The van der Waals surface area contributed by atoms with Crippen molar-refractivity contribution < 1.29 is 0 Å². The molecule has 14 heavy (non-hydrogen) atoms. The van der Waals surface area contributed by atoms with Gasteiger partial charge >= 0.3 is 0 Å². The number of nitrogens with zero attached hydrogens (tertiary/aromatic N) is 4. The molecule has 0 spiro atoms. The maximum Gasteiger partial charge on any atom is 0.174 e. The van der Waals surface area contributed by atoms with Gasteiger partial charge in [-0.3, -0.25) is 0 Å².